The first-order valence-electron chi connectivity index (χ1n) is 11.9. The minimum absolute atomic E-state index is 0.0385. The Morgan fingerprint density at radius 3 is 2.44 bits per heavy atom. The number of nitriles is 1. The Kier molecular flexibility index (Phi) is 12.5. The van der Waals surface area contributed by atoms with Crippen molar-refractivity contribution in [3.05, 3.63) is 65.7 Å². The van der Waals surface area contributed by atoms with E-state index in [1.54, 1.807) is 13.2 Å². The number of hydrogen-bond donors (Lipinski definition) is 4. The molecule has 0 bridgehead atoms. The van der Waals surface area contributed by atoms with Crippen molar-refractivity contribution in [2.24, 2.45) is 11.8 Å². The zero-order valence-corrected chi connectivity index (χ0v) is 20.7. The lowest BCUT2D eigenvalue weighted by Gasteiger charge is -2.18. The number of rotatable bonds is 15. The van der Waals surface area contributed by atoms with Crippen LogP contribution >= 0.6 is 0 Å². The smallest absolute Gasteiger partial charge is 0.475 e. The standard InChI is InChI=1S/C26H34BN3O6/c1-19(23(18-28)26(32)29-12-14-35-2)15-21-9-6-10-22(16-21)36-13-11-25(31)30-24(27(33)34)17-20-7-4-3-5-8-20/h3-10,16,19,23-24,33-34H,11-15,17H2,1-2H3,(H,29,32)(H,30,31)/t19?,23?,24-/m0/s1. The Morgan fingerprint density at radius 2 is 1.78 bits per heavy atom. The molecule has 2 aromatic carbocycles. The largest absolute Gasteiger partial charge is 0.493 e. The highest BCUT2D eigenvalue weighted by molar-refractivity contribution is 6.43. The van der Waals surface area contributed by atoms with Crippen LogP contribution in [0.3, 0.4) is 0 Å². The molecule has 36 heavy (non-hydrogen) atoms. The highest BCUT2D eigenvalue weighted by Crippen LogP contribution is 2.21. The maximum Gasteiger partial charge on any atom is 0.475 e. The number of benzene rings is 2. The summed E-state index contributed by atoms with van der Waals surface area (Å²) < 4.78 is 10.6. The first kappa shape index (κ1) is 28.8. The van der Waals surface area contributed by atoms with E-state index in [1.165, 1.54) is 0 Å². The lowest BCUT2D eigenvalue weighted by atomic mass is 9.76. The Balaban J connectivity index is 1.84. The molecule has 0 fully saturated rings. The van der Waals surface area contributed by atoms with Crippen molar-refractivity contribution < 1.29 is 29.1 Å². The van der Waals surface area contributed by atoms with Gasteiger partial charge in [-0.15, -0.1) is 0 Å². The van der Waals surface area contributed by atoms with Crippen molar-refractivity contribution >= 4 is 18.9 Å². The van der Waals surface area contributed by atoms with E-state index < -0.39 is 19.0 Å². The minimum Gasteiger partial charge on any atom is -0.493 e. The summed E-state index contributed by atoms with van der Waals surface area (Å²) in [4.78, 5) is 24.6. The van der Waals surface area contributed by atoms with Crippen LogP contribution in [-0.2, 0) is 27.2 Å². The molecule has 2 rings (SSSR count). The zero-order valence-electron chi connectivity index (χ0n) is 20.7. The molecule has 0 saturated heterocycles. The van der Waals surface area contributed by atoms with Gasteiger partial charge in [-0.25, -0.2) is 0 Å². The van der Waals surface area contributed by atoms with Gasteiger partial charge in [-0.2, -0.15) is 5.26 Å². The average molecular weight is 495 g/mol. The molecule has 4 N–H and O–H groups in total. The SMILES string of the molecule is COCCNC(=O)C(C#N)C(C)Cc1cccc(OCCC(=O)N[C@@H](Cc2ccccc2)B(O)O)c1. The molecule has 0 aliphatic heterocycles. The Labute approximate surface area is 212 Å². The molecule has 0 aliphatic carbocycles. The van der Waals surface area contributed by atoms with Gasteiger partial charge in [0, 0.05) is 13.7 Å². The van der Waals surface area contributed by atoms with E-state index in [1.807, 2.05) is 55.5 Å². The van der Waals surface area contributed by atoms with Crippen molar-refractivity contribution in [3.63, 3.8) is 0 Å². The third-order valence-corrected chi connectivity index (χ3v) is 5.65. The molecule has 192 valence electrons. The van der Waals surface area contributed by atoms with Gasteiger partial charge in [0.25, 0.3) is 0 Å². The van der Waals surface area contributed by atoms with E-state index in [4.69, 9.17) is 9.47 Å². The van der Waals surface area contributed by atoms with Crippen LogP contribution in [0.5, 0.6) is 5.75 Å². The molecule has 2 unspecified atom stereocenters. The highest BCUT2D eigenvalue weighted by Gasteiger charge is 2.26. The van der Waals surface area contributed by atoms with E-state index in [9.17, 15) is 24.9 Å². The van der Waals surface area contributed by atoms with Crippen LogP contribution in [0.2, 0.25) is 0 Å². The van der Waals surface area contributed by atoms with E-state index in [0.29, 0.717) is 31.7 Å². The topological polar surface area (TPSA) is 141 Å². The van der Waals surface area contributed by atoms with Gasteiger partial charge in [-0.05, 0) is 42.0 Å². The lowest BCUT2D eigenvalue weighted by Crippen LogP contribution is -2.48. The van der Waals surface area contributed by atoms with Crippen molar-refractivity contribution in [3.8, 4) is 11.8 Å². The summed E-state index contributed by atoms with van der Waals surface area (Å²) in [6.45, 7) is 2.68. The van der Waals surface area contributed by atoms with Gasteiger partial charge in [-0.3, -0.25) is 9.59 Å². The van der Waals surface area contributed by atoms with Gasteiger partial charge in [0.15, 0.2) is 0 Å². The van der Waals surface area contributed by atoms with Crippen LogP contribution in [0, 0.1) is 23.2 Å². The summed E-state index contributed by atoms with van der Waals surface area (Å²) in [5.74, 6) is -1.95. The van der Waals surface area contributed by atoms with Gasteiger partial charge in [0.2, 0.25) is 11.8 Å². The molecule has 3 atom stereocenters. The fourth-order valence-corrected chi connectivity index (χ4v) is 3.72. The van der Waals surface area contributed by atoms with Crippen LogP contribution < -0.4 is 15.4 Å². The summed E-state index contributed by atoms with van der Waals surface area (Å²) in [6, 6.07) is 18.6. The third kappa shape index (κ3) is 10.1. The quantitative estimate of drug-likeness (QED) is 0.216. The number of ether oxygens (including phenoxy) is 2. The maximum absolute atomic E-state index is 12.3. The normalized spacial score (nSPS) is 13.1. The second-order valence-electron chi connectivity index (χ2n) is 8.60. The van der Waals surface area contributed by atoms with Crippen molar-refractivity contribution in [1.29, 1.82) is 5.26 Å². The molecule has 9 nitrogen and oxygen atoms in total. The Hall–Kier alpha value is -3.39. The number of nitrogens with zero attached hydrogens (tertiary/aromatic N) is 1. The summed E-state index contributed by atoms with van der Waals surface area (Å²) in [5.41, 5.74) is 1.78. The molecule has 2 aromatic rings. The molecule has 10 heteroatoms. The highest BCUT2D eigenvalue weighted by atomic mass is 16.5. The Morgan fingerprint density at radius 1 is 1.06 bits per heavy atom. The molecule has 0 aromatic heterocycles. The third-order valence-electron chi connectivity index (χ3n) is 5.65. The van der Waals surface area contributed by atoms with E-state index >= 15 is 0 Å². The summed E-state index contributed by atoms with van der Waals surface area (Å²) in [5, 5.41) is 34.1. The second-order valence-corrected chi connectivity index (χ2v) is 8.60. The first-order valence-corrected chi connectivity index (χ1v) is 11.9. The number of amides is 2. The number of nitrogens with one attached hydrogen (secondary N) is 2. The fraction of sp³-hybridized carbons (Fsp3) is 0.423. The lowest BCUT2D eigenvalue weighted by molar-refractivity contribution is -0.125. The first-order chi connectivity index (χ1) is 17.3. The van der Waals surface area contributed by atoms with E-state index in [0.717, 1.165) is 11.1 Å². The number of hydrogen-bond acceptors (Lipinski definition) is 7. The molecule has 2 amide bonds. The van der Waals surface area contributed by atoms with Crippen molar-refractivity contribution in [2.75, 3.05) is 26.9 Å². The van der Waals surface area contributed by atoms with Crippen LogP contribution in [0.1, 0.15) is 24.5 Å². The van der Waals surface area contributed by atoms with Gasteiger partial charge in [-0.1, -0.05) is 49.4 Å². The predicted molar refractivity (Wildman–Crippen MR) is 136 cm³/mol. The van der Waals surface area contributed by atoms with E-state index in [-0.39, 0.29) is 30.8 Å². The molecular formula is C26H34BN3O6. The predicted octanol–water partition coefficient (Wildman–Crippen LogP) is 1.28. The van der Waals surface area contributed by atoms with Gasteiger partial charge >= 0.3 is 7.12 Å². The van der Waals surface area contributed by atoms with Crippen LogP contribution in [0.4, 0.5) is 0 Å². The number of carbonyl (C=O) groups is 2. The summed E-state index contributed by atoms with van der Waals surface area (Å²) in [6.07, 6.45) is 0.833. The number of methoxy groups -OCH3 is 1. The maximum atomic E-state index is 12.3. The van der Waals surface area contributed by atoms with E-state index in [2.05, 4.69) is 16.7 Å². The molecular weight excluding hydrogens is 461 g/mol. The molecule has 0 saturated carbocycles. The fourth-order valence-electron chi connectivity index (χ4n) is 3.72. The zero-order chi connectivity index (χ0) is 26.3. The molecule has 0 heterocycles. The molecule has 0 radical (unpaired) electrons. The molecule has 0 spiro atoms. The van der Waals surface area contributed by atoms with Gasteiger partial charge in [0.05, 0.1) is 31.6 Å². The van der Waals surface area contributed by atoms with Crippen LogP contribution in [0.15, 0.2) is 54.6 Å². The van der Waals surface area contributed by atoms with Crippen molar-refractivity contribution in [1.82, 2.24) is 10.6 Å². The van der Waals surface area contributed by atoms with Gasteiger partial charge < -0.3 is 30.2 Å². The average Bonchev–Trinajstić information content (AvgIpc) is 2.85. The van der Waals surface area contributed by atoms with Crippen LogP contribution in [0.25, 0.3) is 0 Å². The van der Waals surface area contributed by atoms with Crippen LogP contribution in [-0.4, -0.2) is 61.8 Å². The summed E-state index contributed by atoms with van der Waals surface area (Å²) in [7, 11) is -0.145. The Bertz CT molecular complexity index is 999. The van der Waals surface area contributed by atoms with Gasteiger partial charge in [0.1, 0.15) is 11.7 Å². The molecule has 0 aliphatic rings. The van der Waals surface area contributed by atoms with Crippen molar-refractivity contribution in [2.45, 2.75) is 32.1 Å². The number of carbonyl (C=O) groups excluding carboxylic acids is 2. The summed E-state index contributed by atoms with van der Waals surface area (Å²) >= 11 is 0. The minimum atomic E-state index is -1.69. The monoisotopic (exact) mass is 495 g/mol. The second kappa shape index (κ2) is 15.6.